The second kappa shape index (κ2) is 9.35. The van der Waals surface area contributed by atoms with E-state index in [1.807, 2.05) is 24.3 Å². The lowest BCUT2D eigenvalue weighted by Crippen LogP contribution is -2.27. The largest absolute Gasteiger partial charge is 0.351 e. The van der Waals surface area contributed by atoms with Gasteiger partial charge in [-0.05, 0) is 49.3 Å². The zero-order valence-electron chi connectivity index (χ0n) is 16.3. The molecular weight excluding hydrogens is 420 g/mol. The van der Waals surface area contributed by atoms with E-state index in [0.29, 0.717) is 6.54 Å². The summed E-state index contributed by atoms with van der Waals surface area (Å²) in [5.41, 5.74) is 3.73. The van der Waals surface area contributed by atoms with Gasteiger partial charge in [0.05, 0.1) is 4.88 Å². The van der Waals surface area contributed by atoms with Crippen LogP contribution in [0.2, 0.25) is 5.02 Å². The fourth-order valence-electron chi connectivity index (χ4n) is 3.45. The van der Waals surface area contributed by atoms with Gasteiger partial charge >= 0.3 is 0 Å². The van der Waals surface area contributed by atoms with Crippen molar-refractivity contribution in [2.45, 2.75) is 23.6 Å². The molecule has 2 heterocycles. The Morgan fingerprint density at radius 3 is 2.83 bits per heavy atom. The van der Waals surface area contributed by atoms with Crippen LogP contribution >= 0.6 is 34.7 Å². The summed E-state index contributed by atoms with van der Waals surface area (Å²) >= 11 is 9.48. The van der Waals surface area contributed by atoms with Gasteiger partial charge in [-0.2, -0.15) is 0 Å². The maximum atomic E-state index is 12.6. The Morgan fingerprint density at radius 2 is 2.00 bits per heavy atom. The van der Waals surface area contributed by atoms with Gasteiger partial charge < -0.3 is 10.2 Å². The third-order valence-electron chi connectivity index (χ3n) is 4.90. The molecule has 3 aromatic rings. The number of nitrogens with one attached hydrogen (secondary N) is 1. The summed E-state index contributed by atoms with van der Waals surface area (Å²) in [6.07, 6.45) is 0.928. The molecule has 0 saturated heterocycles. The molecule has 0 unspecified atom stereocenters. The molecule has 0 bridgehead atoms. The maximum Gasteiger partial charge on any atom is 0.261 e. The Labute approximate surface area is 185 Å². The van der Waals surface area contributed by atoms with Crippen molar-refractivity contribution in [3.05, 3.63) is 75.6 Å². The quantitative estimate of drug-likeness (QED) is 0.460. The Hall–Kier alpha value is -1.79. The second-order valence-corrected chi connectivity index (χ2v) is 9.73. The van der Waals surface area contributed by atoms with Crippen LogP contribution in [0.4, 0.5) is 0 Å². The lowest BCUT2D eigenvalue weighted by molar-refractivity contribution is 0.0956. The third-order valence-corrected chi connectivity index (χ3v) is 7.45. The lowest BCUT2D eigenvalue weighted by Gasteiger charge is -2.16. The van der Waals surface area contributed by atoms with Gasteiger partial charge in [0, 0.05) is 39.2 Å². The zero-order chi connectivity index (χ0) is 20.2. The molecule has 1 aromatic heterocycles. The van der Waals surface area contributed by atoms with Crippen molar-refractivity contribution in [1.82, 2.24) is 10.2 Å². The number of thiophene rings is 1. The molecule has 150 valence electrons. The molecule has 2 aromatic carbocycles. The minimum atomic E-state index is 0.0237. The van der Waals surface area contributed by atoms with E-state index in [-0.39, 0.29) is 5.91 Å². The van der Waals surface area contributed by atoms with Crippen LogP contribution in [0.3, 0.4) is 0 Å². The number of rotatable bonds is 7. The summed E-state index contributed by atoms with van der Waals surface area (Å²) in [6.45, 7) is 2.55. The van der Waals surface area contributed by atoms with E-state index in [9.17, 15) is 4.79 Å². The highest BCUT2D eigenvalue weighted by Gasteiger charge is 2.22. The number of hydrogen-bond acceptors (Lipinski definition) is 4. The summed E-state index contributed by atoms with van der Waals surface area (Å²) in [5.74, 6) is 0.909. The molecule has 3 nitrogen and oxygen atoms in total. The van der Waals surface area contributed by atoms with E-state index in [1.54, 1.807) is 23.1 Å². The van der Waals surface area contributed by atoms with Gasteiger partial charge in [0.15, 0.2) is 0 Å². The topological polar surface area (TPSA) is 32.3 Å². The summed E-state index contributed by atoms with van der Waals surface area (Å²) in [7, 11) is 2.11. The first-order chi connectivity index (χ1) is 14.1. The third kappa shape index (κ3) is 5.04. The average molecular weight is 443 g/mol. The minimum absolute atomic E-state index is 0.0237. The van der Waals surface area contributed by atoms with Crippen molar-refractivity contribution in [3.8, 4) is 10.4 Å². The molecule has 0 atom stereocenters. The van der Waals surface area contributed by atoms with Crippen LogP contribution in [0.15, 0.2) is 59.5 Å². The van der Waals surface area contributed by atoms with Gasteiger partial charge in [0.25, 0.3) is 5.91 Å². The molecule has 29 heavy (non-hydrogen) atoms. The van der Waals surface area contributed by atoms with Crippen LogP contribution in [-0.4, -0.2) is 30.9 Å². The van der Waals surface area contributed by atoms with Crippen LogP contribution in [-0.2, 0) is 12.3 Å². The van der Waals surface area contributed by atoms with Crippen LogP contribution in [0.25, 0.3) is 10.4 Å². The highest BCUT2D eigenvalue weighted by molar-refractivity contribution is 7.98. The van der Waals surface area contributed by atoms with E-state index in [1.165, 1.54) is 26.5 Å². The molecule has 4 rings (SSSR count). The van der Waals surface area contributed by atoms with Crippen molar-refractivity contribution in [1.29, 1.82) is 0 Å². The van der Waals surface area contributed by atoms with Crippen molar-refractivity contribution in [2.24, 2.45) is 0 Å². The number of thioether (sulfide) groups is 1. The van der Waals surface area contributed by atoms with E-state index < -0.39 is 0 Å². The standard InChI is InChI=1S/C23H23ClN2OS2/c1-26(14-16-6-3-2-4-7-16)11-5-10-25-23(27)21-12-17-15-28-20-13-18(24)8-9-19(20)22(17)29-21/h2-4,6-9,12-13H,5,10-11,14-15H2,1H3,(H,25,27). The summed E-state index contributed by atoms with van der Waals surface area (Å²) in [5, 5.41) is 3.83. The Morgan fingerprint density at radius 1 is 1.17 bits per heavy atom. The van der Waals surface area contributed by atoms with E-state index in [4.69, 9.17) is 11.6 Å². The Bertz CT molecular complexity index is 1000. The van der Waals surface area contributed by atoms with Crippen LogP contribution in [0.1, 0.15) is 27.2 Å². The number of halogens is 1. The first-order valence-electron chi connectivity index (χ1n) is 9.66. The maximum absolute atomic E-state index is 12.6. The molecule has 1 amide bonds. The van der Waals surface area contributed by atoms with Crippen molar-refractivity contribution in [2.75, 3.05) is 20.1 Å². The van der Waals surface area contributed by atoms with E-state index in [2.05, 4.69) is 47.6 Å². The highest BCUT2D eigenvalue weighted by Crippen LogP contribution is 2.46. The highest BCUT2D eigenvalue weighted by atomic mass is 35.5. The number of benzene rings is 2. The number of carbonyl (C=O) groups excluding carboxylic acids is 1. The van der Waals surface area contributed by atoms with Crippen LogP contribution in [0, 0.1) is 0 Å². The molecule has 0 aliphatic carbocycles. The lowest BCUT2D eigenvalue weighted by atomic mass is 10.1. The molecule has 0 saturated carbocycles. The Kier molecular flexibility index (Phi) is 6.60. The number of amides is 1. The second-order valence-electron chi connectivity index (χ2n) is 7.23. The molecule has 1 aliphatic heterocycles. The fraction of sp³-hybridized carbons (Fsp3) is 0.261. The first kappa shape index (κ1) is 20.5. The van der Waals surface area contributed by atoms with Crippen molar-refractivity contribution >= 4 is 40.6 Å². The molecule has 0 fully saturated rings. The van der Waals surface area contributed by atoms with E-state index >= 15 is 0 Å². The number of hydrogen-bond donors (Lipinski definition) is 1. The number of nitrogens with zero attached hydrogens (tertiary/aromatic N) is 1. The summed E-state index contributed by atoms with van der Waals surface area (Å²) in [6, 6.07) is 18.5. The van der Waals surface area contributed by atoms with Crippen LogP contribution < -0.4 is 5.32 Å². The van der Waals surface area contributed by atoms with Crippen molar-refractivity contribution < 1.29 is 4.79 Å². The normalized spacial score (nSPS) is 12.5. The minimum Gasteiger partial charge on any atom is -0.351 e. The Balaban J connectivity index is 1.29. The van der Waals surface area contributed by atoms with Gasteiger partial charge in [-0.3, -0.25) is 4.79 Å². The monoisotopic (exact) mass is 442 g/mol. The zero-order valence-corrected chi connectivity index (χ0v) is 18.7. The average Bonchev–Trinajstić information content (AvgIpc) is 3.16. The molecule has 0 spiro atoms. The molecule has 1 N–H and O–H groups in total. The SMILES string of the molecule is CN(CCCNC(=O)c1cc2c(s1)-c1ccc(Cl)cc1SC2)Cc1ccccc1. The van der Waals surface area contributed by atoms with E-state index in [0.717, 1.165) is 35.2 Å². The predicted molar refractivity (Wildman–Crippen MR) is 124 cm³/mol. The molecule has 1 aliphatic rings. The van der Waals surface area contributed by atoms with Crippen LogP contribution in [0.5, 0.6) is 0 Å². The van der Waals surface area contributed by atoms with Crippen molar-refractivity contribution in [3.63, 3.8) is 0 Å². The molecule has 0 radical (unpaired) electrons. The number of fused-ring (bicyclic) bond motifs is 3. The van der Waals surface area contributed by atoms with Gasteiger partial charge in [0.2, 0.25) is 0 Å². The van der Waals surface area contributed by atoms with Gasteiger partial charge in [-0.15, -0.1) is 23.1 Å². The summed E-state index contributed by atoms with van der Waals surface area (Å²) < 4.78 is 0. The molecule has 6 heteroatoms. The number of carbonyl (C=O) groups is 1. The predicted octanol–water partition coefficient (Wildman–Crippen LogP) is 5.93. The van der Waals surface area contributed by atoms with Gasteiger partial charge in [0.1, 0.15) is 0 Å². The van der Waals surface area contributed by atoms with Gasteiger partial charge in [-0.1, -0.05) is 48.0 Å². The molecular formula is C23H23ClN2OS2. The smallest absolute Gasteiger partial charge is 0.261 e. The van der Waals surface area contributed by atoms with Gasteiger partial charge in [-0.25, -0.2) is 0 Å². The summed E-state index contributed by atoms with van der Waals surface area (Å²) in [4.78, 5) is 18.1. The first-order valence-corrected chi connectivity index (χ1v) is 11.8. The fourth-order valence-corrected chi connectivity index (χ4v) is 6.05.